The normalized spacial score (nSPS) is 23.3. The molecule has 0 amide bonds. The van der Waals surface area contributed by atoms with Crippen molar-refractivity contribution in [2.45, 2.75) is 30.6 Å². The van der Waals surface area contributed by atoms with Gasteiger partial charge in [0.2, 0.25) is 0 Å². The number of aromatic nitrogens is 2. The van der Waals surface area contributed by atoms with Crippen molar-refractivity contribution in [1.29, 1.82) is 0 Å². The number of fused-ring (bicyclic) bond motifs is 1. The summed E-state index contributed by atoms with van der Waals surface area (Å²) in [7, 11) is 0. The molecular formula is C13H14BrFN2S2. The van der Waals surface area contributed by atoms with Crippen LogP contribution >= 0.6 is 39.9 Å². The molecule has 1 saturated carbocycles. The van der Waals surface area contributed by atoms with Gasteiger partial charge in [-0.1, -0.05) is 6.42 Å². The average molecular weight is 361 g/mol. The van der Waals surface area contributed by atoms with E-state index in [1.54, 1.807) is 0 Å². The molecule has 2 atom stereocenters. The zero-order valence-electron chi connectivity index (χ0n) is 10.5. The third-order valence-corrected chi connectivity index (χ3v) is 5.87. The van der Waals surface area contributed by atoms with Crippen molar-refractivity contribution in [3.63, 3.8) is 0 Å². The molecule has 2 unspecified atom stereocenters. The fourth-order valence-electron chi connectivity index (χ4n) is 2.93. The molecule has 0 spiro atoms. The van der Waals surface area contributed by atoms with Gasteiger partial charge in [0.05, 0.1) is 15.5 Å². The molecule has 102 valence electrons. The summed E-state index contributed by atoms with van der Waals surface area (Å²) in [6.07, 6.45) is 5.74. The number of halogens is 2. The highest BCUT2D eigenvalue weighted by molar-refractivity contribution is 9.10. The van der Waals surface area contributed by atoms with Gasteiger partial charge in [-0.3, -0.25) is 0 Å². The van der Waals surface area contributed by atoms with E-state index >= 15 is 0 Å². The third-order valence-electron chi connectivity index (χ3n) is 3.81. The van der Waals surface area contributed by atoms with Crippen LogP contribution in [-0.4, -0.2) is 21.1 Å². The van der Waals surface area contributed by atoms with Crippen LogP contribution in [0.25, 0.3) is 11.0 Å². The summed E-state index contributed by atoms with van der Waals surface area (Å²) >= 11 is 10.6. The molecular weight excluding hydrogens is 347 g/mol. The van der Waals surface area contributed by atoms with Gasteiger partial charge in [-0.2, -0.15) is 11.8 Å². The first-order valence-corrected chi connectivity index (χ1v) is 8.73. The van der Waals surface area contributed by atoms with E-state index in [1.807, 2.05) is 17.8 Å². The number of nitrogens with one attached hydrogen (secondary N) is 1. The van der Waals surface area contributed by atoms with Gasteiger partial charge in [-0.15, -0.1) is 0 Å². The monoisotopic (exact) mass is 360 g/mol. The van der Waals surface area contributed by atoms with Crippen LogP contribution in [0.3, 0.4) is 0 Å². The fraction of sp³-hybridized carbons (Fsp3) is 0.462. The van der Waals surface area contributed by atoms with Crippen molar-refractivity contribution >= 4 is 50.9 Å². The van der Waals surface area contributed by atoms with Crippen molar-refractivity contribution < 1.29 is 4.39 Å². The van der Waals surface area contributed by atoms with Crippen molar-refractivity contribution in [1.82, 2.24) is 9.55 Å². The van der Waals surface area contributed by atoms with Crippen LogP contribution in [0, 0.1) is 10.6 Å². The van der Waals surface area contributed by atoms with E-state index in [-0.39, 0.29) is 5.82 Å². The van der Waals surface area contributed by atoms with Crippen LogP contribution in [-0.2, 0) is 0 Å². The molecule has 0 radical (unpaired) electrons. The molecule has 1 heterocycles. The van der Waals surface area contributed by atoms with E-state index in [9.17, 15) is 4.39 Å². The molecule has 0 aliphatic heterocycles. The van der Waals surface area contributed by atoms with Crippen LogP contribution in [0.15, 0.2) is 16.6 Å². The number of benzene rings is 1. The maximum atomic E-state index is 13.6. The molecule has 0 saturated heterocycles. The lowest BCUT2D eigenvalue weighted by molar-refractivity contribution is 0.536. The zero-order valence-corrected chi connectivity index (χ0v) is 13.7. The lowest BCUT2D eigenvalue weighted by atomic mass is 10.2. The predicted molar refractivity (Wildman–Crippen MR) is 85.0 cm³/mol. The van der Waals surface area contributed by atoms with E-state index in [2.05, 4.69) is 31.7 Å². The van der Waals surface area contributed by atoms with Gasteiger partial charge in [0.15, 0.2) is 4.77 Å². The minimum Gasteiger partial charge on any atom is -0.330 e. The Hall–Kier alpha value is -0.330. The SMILES string of the molecule is CSC1CCCC1n1c(=S)[nH]c2cc(F)c(Br)cc21. The Morgan fingerprint density at radius 3 is 3.00 bits per heavy atom. The number of thioether (sulfide) groups is 1. The van der Waals surface area contributed by atoms with Gasteiger partial charge in [-0.25, -0.2) is 4.39 Å². The number of rotatable bonds is 2. The van der Waals surface area contributed by atoms with Gasteiger partial charge in [0.1, 0.15) is 5.82 Å². The van der Waals surface area contributed by atoms with Crippen LogP contribution in [0.2, 0.25) is 0 Å². The molecule has 1 aromatic heterocycles. The summed E-state index contributed by atoms with van der Waals surface area (Å²) in [5, 5.41) is 0.592. The minimum atomic E-state index is -0.260. The molecule has 2 aromatic rings. The van der Waals surface area contributed by atoms with Gasteiger partial charge < -0.3 is 9.55 Å². The first-order chi connectivity index (χ1) is 9.11. The highest BCUT2D eigenvalue weighted by Gasteiger charge is 2.29. The lowest BCUT2D eigenvalue weighted by Crippen LogP contribution is -2.15. The first-order valence-electron chi connectivity index (χ1n) is 6.24. The van der Waals surface area contributed by atoms with Crippen molar-refractivity contribution in [2.24, 2.45) is 0 Å². The summed E-state index contributed by atoms with van der Waals surface area (Å²) in [6, 6.07) is 3.75. The van der Waals surface area contributed by atoms with Crippen LogP contribution in [0.1, 0.15) is 25.3 Å². The smallest absolute Gasteiger partial charge is 0.178 e. The maximum absolute atomic E-state index is 13.6. The molecule has 19 heavy (non-hydrogen) atoms. The molecule has 1 aliphatic rings. The summed E-state index contributed by atoms with van der Waals surface area (Å²) in [5.41, 5.74) is 1.77. The Morgan fingerprint density at radius 2 is 2.26 bits per heavy atom. The molecule has 6 heteroatoms. The van der Waals surface area contributed by atoms with Crippen LogP contribution in [0.5, 0.6) is 0 Å². The Bertz CT molecular complexity index is 679. The average Bonchev–Trinajstić information content (AvgIpc) is 2.93. The fourth-order valence-corrected chi connectivity index (χ4v) is 4.58. The van der Waals surface area contributed by atoms with Crippen LogP contribution < -0.4 is 0 Å². The molecule has 1 aromatic carbocycles. The van der Waals surface area contributed by atoms with Crippen molar-refractivity contribution in [3.05, 3.63) is 27.2 Å². The topological polar surface area (TPSA) is 20.7 Å². The van der Waals surface area contributed by atoms with Gasteiger partial charge in [-0.05, 0) is 53.3 Å². The highest BCUT2D eigenvalue weighted by atomic mass is 79.9. The molecule has 1 N–H and O–H groups in total. The Morgan fingerprint density at radius 1 is 1.47 bits per heavy atom. The number of hydrogen-bond donors (Lipinski definition) is 1. The summed E-state index contributed by atoms with van der Waals surface area (Å²) in [6.45, 7) is 0. The largest absolute Gasteiger partial charge is 0.330 e. The van der Waals surface area contributed by atoms with Crippen molar-refractivity contribution in [2.75, 3.05) is 6.26 Å². The number of H-pyrrole nitrogens is 1. The van der Waals surface area contributed by atoms with Gasteiger partial charge in [0, 0.05) is 17.4 Å². The molecule has 2 nitrogen and oxygen atoms in total. The van der Waals surface area contributed by atoms with Gasteiger partial charge in [0.25, 0.3) is 0 Å². The Labute approximate surface area is 128 Å². The second-order valence-corrected chi connectivity index (χ2v) is 7.17. The van der Waals surface area contributed by atoms with E-state index in [0.29, 0.717) is 20.5 Å². The van der Waals surface area contributed by atoms with Gasteiger partial charge >= 0.3 is 0 Å². The summed E-state index contributed by atoms with van der Waals surface area (Å²) in [5.74, 6) is -0.260. The zero-order chi connectivity index (χ0) is 13.6. The number of aromatic amines is 1. The Kier molecular flexibility index (Phi) is 3.75. The van der Waals surface area contributed by atoms with E-state index in [4.69, 9.17) is 12.2 Å². The third kappa shape index (κ3) is 2.28. The Balaban J connectivity index is 2.20. The van der Waals surface area contributed by atoms with E-state index in [1.165, 1.54) is 18.9 Å². The number of nitrogens with zero attached hydrogens (tertiary/aromatic N) is 1. The second kappa shape index (κ2) is 5.22. The first kappa shape index (κ1) is 13.6. The highest BCUT2D eigenvalue weighted by Crippen LogP contribution is 2.39. The standard InChI is InChI=1S/C13H14BrFN2S2/c1-19-12-4-2-3-10(12)17-11-5-7(14)8(15)6-9(11)16-13(17)18/h5-6,10,12H,2-4H2,1H3,(H,16,18). The summed E-state index contributed by atoms with van der Waals surface area (Å²) < 4.78 is 16.9. The summed E-state index contributed by atoms with van der Waals surface area (Å²) in [4.78, 5) is 3.12. The quantitative estimate of drug-likeness (QED) is 0.755. The van der Waals surface area contributed by atoms with E-state index in [0.717, 1.165) is 17.5 Å². The maximum Gasteiger partial charge on any atom is 0.178 e. The van der Waals surface area contributed by atoms with Crippen LogP contribution in [0.4, 0.5) is 4.39 Å². The molecule has 1 aliphatic carbocycles. The van der Waals surface area contributed by atoms with Crippen molar-refractivity contribution in [3.8, 4) is 0 Å². The molecule has 1 fully saturated rings. The number of hydrogen-bond acceptors (Lipinski definition) is 2. The second-order valence-electron chi connectivity index (χ2n) is 4.86. The molecule has 3 rings (SSSR count). The minimum absolute atomic E-state index is 0.260. The van der Waals surface area contributed by atoms with E-state index < -0.39 is 0 Å². The molecule has 0 bridgehead atoms. The lowest BCUT2D eigenvalue weighted by Gasteiger charge is -2.20. The predicted octanol–water partition coefficient (Wildman–Crippen LogP) is 5.06. The number of imidazole rings is 1.